The van der Waals surface area contributed by atoms with Crippen molar-refractivity contribution in [2.75, 3.05) is 0 Å². The zero-order chi connectivity index (χ0) is 15.2. The molecule has 1 fully saturated rings. The van der Waals surface area contributed by atoms with E-state index in [4.69, 9.17) is 0 Å². The molecule has 1 aliphatic rings. The van der Waals surface area contributed by atoms with Crippen molar-refractivity contribution < 1.29 is 0 Å². The van der Waals surface area contributed by atoms with Crippen molar-refractivity contribution in [3.63, 3.8) is 0 Å². The normalized spacial score (nSPS) is 22.6. The van der Waals surface area contributed by atoms with Crippen LogP contribution < -0.4 is 0 Å². The molecular formula is C21H42. The zero-order valence-electron chi connectivity index (χ0n) is 15.2. The van der Waals surface area contributed by atoms with E-state index in [2.05, 4.69) is 13.8 Å². The van der Waals surface area contributed by atoms with E-state index in [1.807, 2.05) is 0 Å². The zero-order valence-corrected chi connectivity index (χ0v) is 15.2. The topological polar surface area (TPSA) is 0 Å². The van der Waals surface area contributed by atoms with Crippen LogP contribution in [0.3, 0.4) is 0 Å². The average Bonchev–Trinajstić information content (AvgIpc) is 2.52. The van der Waals surface area contributed by atoms with Gasteiger partial charge >= 0.3 is 0 Å². The molecule has 0 aromatic rings. The van der Waals surface area contributed by atoms with Crippen LogP contribution in [0.5, 0.6) is 0 Å². The quantitative estimate of drug-likeness (QED) is 0.303. The lowest BCUT2D eigenvalue weighted by atomic mass is 9.74. The molecule has 1 saturated carbocycles. The summed E-state index contributed by atoms with van der Waals surface area (Å²) in [5.41, 5.74) is 0. The third-order valence-electron chi connectivity index (χ3n) is 5.67. The predicted molar refractivity (Wildman–Crippen MR) is 96.8 cm³/mol. The van der Waals surface area contributed by atoms with E-state index in [9.17, 15) is 0 Å². The highest BCUT2D eigenvalue weighted by Crippen LogP contribution is 2.36. The first-order chi connectivity index (χ1) is 10.4. The molecule has 1 rings (SSSR count). The standard InChI is InChI=1S/C21H42/c1-3-5-7-9-11-13-17-21-19-15-14-18-20(21)16-12-10-8-6-4-2/h20-21H,3-19H2,1-2H3/t20-,21-/m0/s1. The molecule has 0 aliphatic heterocycles. The van der Waals surface area contributed by atoms with Crippen molar-refractivity contribution in [1.82, 2.24) is 0 Å². The maximum Gasteiger partial charge on any atom is -0.0386 e. The minimum atomic E-state index is 1.09. The number of hydrogen-bond donors (Lipinski definition) is 0. The first kappa shape index (κ1) is 19.0. The molecule has 0 spiro atoms. The molecule has 126 valence electrons. The van der Waals surface area contributed by atoms with E-state index >= 15 is 0 Å². The minimum absolute atomic E-state index is 1.09. The molecule has 0 N–H and O–H groups in total. The lowest BCUT2D eigenvalue weighted by Gasteiger charge is -2.32. The molecule has 0 aromatic heterocycles. The van der Waals surface area contributed by atoms with Gasteiger partial charge in [-0.1, -0.05) is 123 Å². The van der Waals surface area contributed by atoms with Gasteiger partial charge in [-0.15, -0.1) is 0 Å². The highest BCUT2D eigenvalue weighted by molar-refractivity contribution is 4.75. The van der Waals surface area contributed by atoms with E-state index in [-0.39, 0.29) is 0 Å². The van der Waals surface area contributed by atoms with Gasteiger partial charge in [0.25, 0.3) is 0 Å². The molecule has 0 heteroatoms. The molecule has 0 aromatic carbocycles. The van der Waals surface area contributed by atoms with Crippen molar-refractivity contribution in [2.24, 2.45) is 11.8 Å². The van der Waals surface area contributed by atoms with E-state index in [1.165, 1.54) is 83.5 Å². The van der Waals surface area contributed by atoms with Crippen LogP contribution in [-0.4, -0.2) is 0 Å². The van der Waals surface area contributed by atoms with Gasteiger partial charge in [0.15, 0.2) is 0 Å². The Labute approximate surface area is 135 Å². The third kappa shape index (κ3) is 9.59. The van der Waals surface area contributed by atoms with E-state index in [1.54, 1.807) is 25.7 Å². The fraction of sp³-hybridized carbons (Fsp3) is 1.00. The van der Waals surface area contributed by atoms with Gasteiger partial charge in [-0.2, -0.15) is 0 Å². The van der Waals surface area contributed by atoms with Crippen LogP contribution in [0.1, 0.15) is 123 Å². The number of rotatable bonds is 13. The SMILES string of the molecule is CCCCCCCC[C@H]1CCCC[C@@H]1CCCCCCC. The number of hydrogen-bond acceptors (Lipinski definition) is 0. The summed E-state index contributed by atoms with van der Waals surface area (Å²) in [6, 6.07) is 0. The van der Waals surface area contributed by atoms with Crippen molar-refractivity contribution in [3.8, 4) is 0 Å². The van der Waals surface area contributed by atoms with Gasteiger partial charge in [0, 0.05) is 0 Å². The van der Waals surface area contributed by atoms with Crippen LogP contribution in [0, 0.1) is 11.8 Å². The summed E-state index contributed by atoms with van der Waals surface area (Å²) in [7, 11) is 0. The molecule has 0 amide bonds. The summed E-state index contributed by atoms with van der Waals surface area (Å²) >= 11 is 0. The second-order valence-corrected chi connectivity index (χ2v) is 7.56. The predicted octanol–water partition coefficient (Wildman–Crippen LogP) is 7.90. The van der Waals surface area contributed by atoms with Crippen LogP contribution in [0.2, 0.25) is 0 Å². The highest BCUT2D eigenvalue weighted by Gasteiger charge is 2.23. The molecule has 0 heterocycles. The van der Waals surface area contributed by atoms with Gasteiger partial charge in [-0.05, 0) is 11.8 Å². The van der Waals surface area contributed by atoms with Gasteiger partial charge in [0.2, 0.25) is 0 Å². The van der Waals surface area contributed by atoms with Crippen LogP contribution in [0.15, 0.2) is 0 Å². The lowest BCUT2D eigenvalue weighted by molar-refractivity contribution is 0.202. The summed E-state index contributed by atoms with van der Waals surface area (Å²) in [6.45, 7) is 4.63. The molecule has 2 atom stereocenters. The fourth-order valence-electron chi connectivity index (χ4n) is 4.24. The lowest BCUT2D eigenvalue weighted by Crippen LogP contribution is -2.19. The maximum atomic E-state index is 2.32. The first-order valence-electron chi connectivity index (χ1n) is 10.4. The average molecular weight is 295 g/mol. The van der Waals surface area contributed by atoms with Crippen molar-refractivity contribution >= 4 is 0 Å². The van der Waals surface area contributed by atoms with Crippen molar-refractivity contribution in [3.05, 3.63) is 0 Å². The van der Waals surface area contributed by atoms with Crippen LogP contribution >= 0.6 is 0 Å². The third-order valence-corrected chi connectivity index (χ3v) is 5.67. The van der Waals surface area contributed by atoms with Crippen LogP contribution in [0.25, 0.3) is 0 Å². The number of unbranched alkanes of at least 4 members (excludes halogenated alkanes) is 9. The summed E-state index contributed by atoms with van der Waals surface area (Å²) in [6.07, 6.45) is 25.3. The van der Waals surface area contributed by atoms with Crippen molar-refractivity contribution in [2.45, 2.75) is 123 Å². The summed E-state index contributed by atoms with van der Waals surface area (Å²) in [5, 5.41) is 0. The van der Waals surface area contributed by atoms with Crippen LogP contribution in [0.4, 0.5) is 0 Å². The molecule has 0 saturated heterocycles. The second kappa shape index (κ2) is 13.6. The largest absolute Gasteiger partial charge is 0.0654 e. The Morgan fingerprint density at radius 2 is 0.905 bits per heavy atom. The summed E-state index contributed by atoms with van der Waals surface area (Å²) in [5.74, 6) is 2.19. The molecule has 0 unspecified atom stereocenters. The Hall–Kier alpha value is 0. The molecule has 1 aliphatic carbocycles. The molecular weight excluding hydrogens is 252 g/mol. The van der Waals surface area contributed by atoms with E-state index < -0.39 is 0 Å². The van der Waals surface area contributed by atoms with Crippen LogP contribution in [-0.2, 0) is 0 Å². The Morgan fingerprint density at radius 1 is 0.524 bits per heavy atom. The monoisotopic (exact) mass is 294 g/mol. The van der Waals surface area contributed by atoms with Gasteiger partial charge in [-0.3, -0.25) is 0 Å². The highest BCUT2D eigenvalue weighted by atomic mass is 14.3. The van der Waals surface area contributed by atoms with Crippen molar-refractivity contribution in [1.29, 1.82) is 0 Å². The summed E-state index contributed by atoms with van der Waals surface area (Å²) in [4.78, 5) is 0. The smallest absolute Gasteiger partial charge is 0.0386 e. The Bertz CT molecular complexity index is 208. The fourth-order valence-corrected chi connectivity index (χ4v) is 4.24. The maximum absolute atomic E-state index is 2.32. The molecule has 0 radical (unpaired) electrons. The summed E-state index contributed by atoms with van der Waals surface area (Å²) < 4.78 is 0. The molecule has 21 heavy (non-hydrogen) atoms. The Kier molecular flexibility index (Phi) is 12.4. The Balaban J connectivity index is 2.08. The Morgan fingerprint density at radius 3 is 1.33 bits per heavy atom. The molecule has 0 nitrogen and oxygen atoms in total. The van der Waals surface area contributed by atoms with E-state index in [0.29, 0.717) is 0 Å². The minimum Gasteiger partial charge on any atom is -0.0654 e. The van der Waals surface area contributed by atoms with E-state index in [0.717, 1.165) is 11.8 Å². The van der Waals surface area contributed by atoms with Gasteiger partial charge < -0.3 is 0 Å². The first-order valence-corrected chi connectivity index (χ1v) is 10.4. The van der Waals surface area contributed by atoms with Gasteiger partial charge in [-0.25, -0.2) is 0 Å². The van der Waals surface area contributed by atoms with Gasteiger partial charge in [0.05, 0.1) is 0 Å². The second-order valence-electron chi connectivity index (χ2n) is 7.56. The molecule has 0 bridgehead atoms. The van der Waals surface area contributed by atoms with Gasteiger partial charge in [0.1, 0.15) is 0 Å².